The lowest BCUT2D eigenvalue weighted by Crippen LogP contribution is -2.46. The van der Waals surface area contributed by atoms with Gasteiger partial charge in [0, 0.05) is 13.2 Å². The number of carbonyl (C=O) groups is 1. The zero-order valence-corrected chi connectivity index (χ0v) is 10.6. The number of carbonyl (C=O) groups excluding carboxylic acids is 1. The third kappa shape index (κ3) is 3.40. The summed E-state index contributed by atoms with van der Waals surface area (Å²) in [5, 5.41) is 0. The molecule has 4 nitrogen and oxygen atoms in total. The predicted octanol–water partition coefficient (Wildman–Crippen LogP) is 1.69. The second-order valence-electron chi connectivity index (χ2n) is 3.13. The quantitative estimate of drug-likeness (QED) is 0.505. The van der Waals surface area contributed by atoms with Gasteiger partial charge in [0.15, 0.2) is 0 Å². The first-order chi connectivity index (χ1) is 6.51. The highest BCUT2D eigenvalue weighted by Gasteiger charge is 2.43. The zero-order valence-electron chi connectivity index (χ0n) is 9.62. The van der Waals surface area contributed by atoms with Gasteiger partial charge in [0.05, 0.1) is 12.7 Å². The van der Waals surface area contributed by atoms with Crippen LogP contribution >= 0.6 is 0 Å². The molecule has 0 N–H and O–H groups in total. The van der Waals surface area contributed by atoms with Gasteiger partial charge in [0.2, 0.25) is 0 Å². The minimum absolute atomic E-state index is 0.263. The Labute approximate surface area is 86.8 Å². The van der Waals surface area contributed by atoms with Gasteiger partial charge in [-0.3, -0.25) is 4.79 Å². The van der Waals surface area contributed by atoms with Crippen LogP contribution < -0.4 is 0 Å². The molecule has 0 saturated carbocycles. The molecule has 0 heterocycles. The van der Waals surface area contributed by atoms with E-state index in [1.165, 1.54) is 7.11 Å². The maximum atomic E-state index is 11.4. The smallest absolute Gasteiger partial charge is 0.349 e. The van der Waals surface area contributed by atoms with Crippen molar-refractivity contribution in [3.05, 3.63) is 0 Å². The van der Waals surface area contributed by atoms with E-state index >= 15 is 0 Å². The Hall–Kier alpha value is -0.393. The fraction of sp³-hybridized carbons (Fsp3) is 0.889. The summed E-state index contributed by atoms with van der Waals surface area (Å²) in [4.78, 5) is 11.4. The summed E-state index contributed by atoms with van der Waals surface area (Å²) in [6.07, 6.45) is 0. The molecule has 5 heteroatoms. The van der Waals surface area contributed by atoms with Crippen LogP contribution in [0.15, 0.2) is 0 Å². The first-order valence-electron chi connectivity index (χ1n) is 4.87. The van der Waals surface area contributed by atoms with Crippen molar-refractivity contribution in [1.29, 1.82) is 0 Å². The summed E-state index contributed by atoms with van der Waals surface area (Å²) in [5.41, 5.74) is -0.299. The maximum absolute atomic E-state index is 11.4. The SMILES string of the molecule is CCO[Si](C)(OCC)C(C)C(=O)OC. The molecule has 1 atom stereocenters. The molecule has 0 fully saturated rings. The molecule has 0 bridgehead atoms. The van der Waals surface area contributed by atoms with E-state index in [0.717, 1.165) is 0 Å². The third-order valence-corrected chi connectivity index (χ3v) is 5.74. The van der Waals surface area contributed by atoms with E-state index in [1.807, 2.05) is 20.4 Å². The van der Waals surface area contributed by atoms with E-state index in [0.29, 0.717) is 13.2 Å². The van der Waals surface area contributed by atoms with Gasteiger partial charge in [-0.25, -0.2) is 0 Å². The fourth-order valence-corrected chi connectivity index (χ4v) is 3.53. The summed E-state index contributed by atoms with van der Waals surface area (Å²) in [6, 6.07) is 0. The number of ether oxygens (including phenoxy) is 1. The monoisotopic (exact) mass is 220 g/mol. The largest absolute Gasteiger partial charge is 0.469 e. The van der Waals surface area contributed by atoms with Crippen molar-refractivity contribution in [2.45, 2.75) is 32.9 Å². The van der Waals surface area contributed by atoms with Crippen LogP contribution in [0.4, 0.5) is 0 Å². The molecule has 0 rings (SSSR count). The van der Waals surface area contributed by atoms with E-state index in [-0.39, 0.29) is 11.5 Å². The molecule has 84 valence electrons. The van der Waals surface area contributed by atoms with Crippen LogP contribution in [-0.2, 0) is 18.4 Å². The molecule has 0 aromatic carbocycles. The summed E-state index contributed by atoms with van der Waals surface area (Å²) in [7, 11) is -1.03. The molecular weight excluding hydrogens is 200 g/mol. The van der Waals surface area contributed by atoms with E-state index in [4.69, 9.17) is 8.85 Å². The highest BCUT2D eigenvalue weighted by atomic mass is 28.4. The highest BCUT2D eigenvalue weighted by Crippen LogP contribution is 2.25. The van der Waals surface area contributed by atoms with Gasteiger partial charge in [-0.15, -0.1) is 0 Å². The van der Waals surface area contributed by atoms with Gasteiger partial charge in [0.1, 0.15) is 0 Å². The normalized spacial score (nSPS) is 13.8. The minimum atomic E-state index is -2.41. The van der Waals surface area contributed by atoms with Crippen LogP contribution in [0.3, 0.4) is 0 Å². The van der Waals surface area contributed by atoms with Crippen molar-refractivity contribution in [3.8, 4) is 0 Å². The molecule has 14 heavy (non-hydrogen) atoms. The van der Waals surface area contributed by atoms with Gasteiger partial charge in [-0.1, -0.05) is 0 Å². The zero-order chi connectivity index (χ0) is 11.2. The maximum Gasteiger partial charge on any atom is 0.349 e. The molecule has 0 radical (unpaired) electrons. The lowest BCUT2D eigenvalue weighted by molar-refractivity contribution is -0.141. The van der Waals surface area contributed by atoms with Crippen LogP contribution in [-0.4, -0.2) is 34.9 Å². The molecule has 0 amide bonds. The number of methoxy groups -OCH3 is 1. The van der Waals surface area contributed by atoms with E-state index < -0.39 is 8.56 Å². The number of hydrogen-bond donors (Lipinski definition) is 0. The van der Waals surface area contributed by atoms with Gasteiger partial charge in [-0.2, -0.15) is 0 Å². The van der Waals surface area contributed by atoms with Gasteiger partial charge in [-0.05, 0) is 27.3 Å². The van der Waals surface area contributed by atoms with Crippen molar-refractivity contribution in [2.24, 2.45) is 0 Å². The first-order valence-corrected chi connectivity index (χ1v) is 7.26. The van der Waals surface area contributed by atoms with Gasteiger partial charge in [0.25, 0.3) is 0 Å². The van der Waals surface area contributed by atoms with Crippen molar-refractivity contribution in [3.63, 3.8) is 0 Å². The Morgan fingerprint density at radius 2 is 1.71 bits per heavy atom. The second-order valence-corrected chi connectivity index (χ2v) is 6.60. The summed E-state index contributed by atoms with van der Waals surface area (Å²) in [6.45, 7) is 8.60. The van der Waals surface area contributed by atoms with E-state index in [9.17, 15) is 4.79 Å². The Morgan fingerprint density at radius 1 is 1.29 bits per heavy atom. The second kappa shape index (κ2) is 6.16. The number of esters is 1. The number of hydrogen-bond acceptors (Lipinski definition) is 4. The Kier molecular flexibility index (Phi) is 5.99. The standard InChI is InChI=1S/C9H20O4Si/c1-6-12-14(5,13-7-2)8(3)9(10)11-4/h8H,6-7H2,1-5H3. The average molecular weight is 220 g/mol. The fourth-order valence-electron chi connectivity index (χ4n) is 1.26. The molecule has 0 spiro atoms. The molecular formula is C9H20O4Si. The summed E-state index contributed by atoms with van der Waals surface area (Å²) >= 11 is 0. The predicted molar refractivity (Wildman–Crippen MR) is 56.3 cm³/mol. The van der Waals surface area contributed by atoms with E-state index in [1.54, 1.807) is 6.92 Å². The molecule has 0 aliphatic carbocycles. The Bertz CT molecular complexity index is 178. The van der Waals surface area contributed by atoms with Crippen LogP contribution in [0.5, 0.6) is 0 Å². The molecule has 0 saturated heterocycles. The number of rotatable bonds is 6. The van der Waals surface area contributed by atoms with Crippen molar-refractivity contribution < 1.29 is 18.4 Å². The average Bonchev–Trinajstić information content (AvgIpc) is 2.16. The van der Waals surface area contributed by atoms with Crippen molar-refractivity contribution in [1.82, 2.24) is 0 Å². The van der Waals surface area contributed by atoms with E-state index in [2.05, 4.69) is 4.74 Å². The minimum Gasteiger partial charge on any atom is -0.469 e. The topological polar surface area (TPSA) is 44.8 Å². The molecule has 0 aliphatic heterocycles. The summed E-state index contributed by atoms with van der Waals surface area (Å²) in [5.74, 6) is -0.263. The third-order valence-electron chi connectivity index (χ3n) is 2.20. The molecule has 0 aromatic heterocycles. The van der Waals surface area contributed by atoms with Gasteiger partial charge < -0.3 is 13.6 Å². The Balaban J connectivity index is 4.53. The van der Waals surface area contributed by atoms with Crippen LogP contribution in [0.1, 0.15) is 20.8 Å². The van der Waals surface area contributed by atoms with Crippen molar-refractivity contribution in [2.75, 3.05) is 20.3 Å². The van der Waals surface area contributed by atoms with Crippen LogP contribution in [0.25, 0.3) is 0 Å². The Morgan fingerprint density at radius 3 is 2.00 bits per heavy atom. The van der Waals surface area contributed by atoms with Crippen LogP contribution in [0, 0.1) is 0 Å². The van der Waals surface area contributed by atoms with Crippen molar-refractivity contribution >= 4 is 14.5 Å². The lowest BCUT2D eigenvalue weighted by atomic mass is 10.5. The van der Waals surface area contributed by atoms with Gasteiger partial charge >= 0.3 is 14.5 Å². The summed E-state index contributed by atoms with van der Waals surface area (Å²) < 4.78 is 15.8. The first kappa shape index (κ1) is 13.6. The lowest BCUT2D eigenvalue weighted by Gasteiger charge is -2.29. The molecule has 1 unspecified atom stereocenters. The molecule has 0 aliphatic rings. The van der Waals surface area contributed by atoms with Crippen LogP contribution in [0.2, 0.25) is 12.1 Å². The molecule has 0 aromatic rings. The highest BCUT2D eigenvalue weighted by molar-refractivity contribution is 6.70.